The van der Waals surface area contributed by atoms with E-state index in [0.29, 0.717) is 11.9 Å². The molecule has 0 spiro atoms. The van der Waals surface area contributed by atoms with Crippen LogP contribution in [0.25, 0.3) is 0 Å². The van der Waals surface area contributed by atoms with E-state index in [-0.39, 0.29) is 5.92 Å². The Hall–Kier alpha value is -0.570. The molecule has 1 aliphatic rings. The molecule has 1 fully saturated rings. The molecule has 0 aromatic rings. The van der Waals surface area contributed by atoms with Gasteiger partial charge in [-0.1, -0.05) is 33.1 Å². The zero-order chi connectivity index (χ0) is 14.1. The van der Waals surface area contributed by atoms with Crippen LogP contribution in [-0.4, -0.2) is 36.5 Å². The average Bonchev–Trinajstić information content (AvgIpc) is 2.45. The summed E-state index contributed by atoms with van der Waals surface area (Å²) >= 11 is 0. The molecule has 0 bridgehead atoms. The Kier molecular flexibility index (Phi) is 8.11. The maximum atomic E-state index is 12.6. The Labute approximate surface area is 119 Å². The van der Waals surface area contributed by atoms with E-state index in [0.717, 1.165) is 45.3 Å². The van der Waals surface area contributed by atoms with Gasteiger partial charge in [0.1, 0.15) is 0 Å². The summed E-state index contributed by atoms with van der Waals surface area (Å²) in [6, 6.07) is 0.515. The van der Waals surface area contributed by atoms with Crippen LogP contribution < -0.4 is 5.32 Å². The second kappa shape index (κ2) is 9.35. The first-order chi connectivity index (χ1) is 9.22. The fourth-order valence-corrected chi connectivity index (χ4v) is 3.07. The highest BCUT2D eigenvalue weighted by Gasteiger charge is 2.24. The van der Waals surface area contributed by atoms with Gasteiger partial charge in [-0.15, -0.1) is 0 Å². The fourth-order valence-electron chi connectivity index (χ4n) is 3.07. The second-order valence-corrected chi connectivity index (χ2v) is 5.80. The van der Waals surface area contributed by atoms with E-state index in [1.165, 1.54) is 19.3 Å². The number of hydrogen-bond donors (Lipinski definition) is 1. The third kappa shape index (κ3) is 5.52. The molecule has 1 N–H and O–H groups in total. The third-order valence-electron chi connectivity index (χ3n) is 4.17. The van der Waals surface area contributed by atoms with E-state index in [4.69, 9.17) is 0 Å². The molecule has 1 atom stereocenters. The lowest BCUT2D eigenvalue weighted by Crippen LogP contribution is -2.47. The molecule has 1 rings (SSSR count). The number of hydrogen-bond acceptors (Lipinski definition) is 2. The maximum Gasteiger partial charge on any atom is 0.225 e. The van der Waals surface area contributed by atoms with E-state index in [9.17, 15) is 4.79 Å². The van der Waals surface area contributed by atoms with Gasteiger partial charge in [0.2, 0.25) is 5.91 Å². The topological polar surface area (TPSA) is 32.3 Å². The van der Waals surface area contributed by atoms with E-state index in [1.54, 1.807) is 0 Å². The van der Waals surface area contributed by atoms with Crippen LogP contribution >= 0.6 is 0 Å². The number of carbonyl (C=O) groups excluding carboxylic acids is 1. The lowest BCUT2D eigenvalue weighted by atomic mass is 9.96. The van der Waals surface area contributed by atoms with Crippen molar-refractivity contribution in [2.24, 2.45) is 5.92 Å². The van der Waals surface area contributed by atoms with Crippen LogP contribution in [0, 0.1) is 5.92 Å². The molecule has 0 saturated carbocycles. The van der Waals surface area contributed by atoms with Crippen LogP contribution in [0.4, 0.5) is 0 Å². The first-order valence-corrected chi connectivity index (χ1v) is 8.25. The highest BCUT2D eigenvalue weighted by atomic mass is 16.2. The zero-order valence-electron chi connectivity index (χ0n) is 13.1. The standard InChI is InChI=1S/C16H32N2O/c1-4-9-14(10-5-2)16(19)18(6-3)13-15-11-7-8-12-17-15/h14-15,17H,4-13H2,1-3H3. The van der Waals surface area contributed by atoms with Gasteiger partial charge in [-0.05, 0) is 39.2 Å². The molecule has 112 valence electrons. The molecule has 3 nitrogen and oxygen atoms in total. The molecule has 1 saturated heterocycles. The maximum absolute atomic E-state index is 12.6. The van der Waals surface area contributed by atoms with Crippen molar-refractivity contribution in [1.29, 1.82) is 0 Å². The van der Waals surface area contributed by atoms with E-state index in [2.05, 4.69) is 31.0 Å². The number of nitrogens with zero attached hydrogens (tertiary/aromatic N) is 1. The first kappa shape index (κ1) is 16.5. The summed E-state index contributed by atoms with van der Waals surface area (Å²) in [5.74, 6) is 0.636. The van der Waals surface area contributed by atoms with Crippen molar-refractivity contribution < 1.29 is 4.79 Å². The van der Waals surface area contributed by atoms with Crippen LogP contribution in [0.15, 0.2) is 0 Å². The lowest BCUT2D eigenvalue weighted by molar-refractivity contribution is -0.136. The molecule has 1 unspecified atom stereocenters. The minimum Gasteiger partial charge on any atom is -0.341 e. The summed E-state index contributed by atoms with van der Waals surface area (Å²) in [6.45, 7) is 9.32. The van der Waals surface area contributed by atoms with Crippen molar-refractivity contribution in [3.05, 3.63) is 0 Å². The minimum atomic E-state index is 0.249. The molecule has 0 radical (unpaired) electrons. The van der Waals surface area contributed by atoms with Gasteiger partial charge in [-0.25, -0.2) is 0 Å². The monoisotopic (exact) mass is 268 g/mol. The molecule has 0 aliphatic carbocycles. The summed E-state index contributed by atoms with van der Waals surface area (Å²) in [5.41, 5.74) is 0. The average molecular weight is 268 g/mol. The Bertz CT molecular complexity index is 243. The van der Waals surface area contributed by atoms with Crippen LogP contribution in [0.2, 0.25) is 0 Å². The van der Waals surface area contributed by atoms with Gasteiger partial charge in [-0.3, -0.25) is 4.79 Å². The SMILES string of the molecule is CCCC(CCC)C(=O)N(CC)CC1CCCCN1. The summed E-state index contributed by atoms with van der Waals surface area (Å²) < 4.78 is 0. The number of nitrogens with one attached hydrogen (secondary N) is 1. The summed E-state index contributed by atoms with van der Waals surface area (Å²) in [7, 11) is 0. The Morgan fingerprint density at radius 3 is 2.37 bits per heavy atom. The number of likely N-dealkylation sites (N-methyl/N-ethyl adjacent to an activating group) is 1. The highest BCUT2D eigenvalue weighted by molar-refractivity contribution is 5.78. The van der Waals surface area contributed by atoms with E-state index in [1.807, 2.05) is 0 Å². The molecule has 0 aromatic carbocycles. The third-order valence-corrected chi connectivity index (χ3v) is 4.17. The van der Waals surface area contributed by atoms with Crippen molar-refractivity contribution in [3.63, 3.8) is 0 Å². The molecular formula is C16H32N2O. The molecule has 0 aromatic heterocycles. The van der Waals surface area contributed by atoms with Gasteiger partial charge in [0.05, 0.1) is 0 Å². The van der Waals surface area contributed by atoms with Crippen molar-refractivity contribution in [3.8, 4) is 0 Å². The number of amides is 1. The molecule has 19 heavy (non-hydrogen) atoms. The second-order valence-electron chi connectivity index (χ2n) is 5.80. The van der Waals surface area contributed by atoms with Crippen LogP contribution in [0.3, 0.4) is 0 Å². The molecule has 3 heteroatoms. The highest BCUT2D eigenvalue weighted by Crippen LogP contribution is 2.18. The molecule has 1 amide bonds. The zero-order valence-corrected chi connectivity index (χ0v) is 13.1. The van der Waals surface area contributed by atoms with Gasteiger partial charge in [0, 0.05) is 25.0 Å². The van der Waals surface area contributed by atoms with Gasteiger partial charge in [0.25, 0.3) is 0 Å². The van der Waals surface area contributed by atoms with Crippen molar-refractivity contribution in [2.75, 3.05) is 19.6 Å². The normalized spacial score (nSPS) is 19.7. The quantitative estimate of drug-likeness (QED) is 0.733. The predicted molar refractivity (Wildman–Crippen MR) is 81.2 cm³/mol. The molecule has 1 heterocycles. The molecule has 1 aliphatic heterocycles. The van der Waals surface area contributed by atoms with Crippen LogP contribution in [0.5, 0.6) is 0 Å². The predicted octanol–water partition coefficient (Wildman–Crippen LogP) is 3.19. The summed E-state index contributed by atoms with van der Waals surface area (Å²) in [4.78, 5) is 14.7. The summed E-state index contributed by atoms with van der Waals surface area (Å²) in [6.07, 6.45) is 8.10. The largest absolute Gasteiger partial charge is 0.341 e. The van der Waals surface area contributed by atoms with Crippen molar-refractivity contribution in [1.82, 2.24) is 10.2 Å². The van der Waals surface area contributed by atoms with E-state index < -0.39 is 0 Å². The smallest absolute Gasteiger partial charge is 0.225 e. The van der Waals surface area contributed by atoms with Crippen LogP contribution in [0.1, 0.15) is 65.7 Å². The Morgan fingerprint density at radius 1 is 1.21 bits per heavy atom. The Balaban J connectivity index is 2.52. The summed E-state index contributed by atoms with van der Waals surface area (Å²) in [5, 5.41) is 3.55. The van der Waals surface area contributed by atoms with Gasteiger partial charge < -0.3 is 10.2 Å². The molecular weight excluding hydrogens is 236 g/mol. The van der Waals surface area contributed by atoms with Crippen LogP contribution in [-0.2, 0) is 4.79 Å². The fraction of sp³-hybridized carbons (Fsp3) is 0.938. The number of rotatable bonds is 8. The Morgan fingerprint density at radius 2 is 1.89 bits per heavy atom. The first-order valence-electron chi connectivity index (χ1n) is 8.25. The van der Waals surface area contributed by atoms with Crippen molar-refractivity contribution >= 4 is 5.91 Å². The number of carbonyl (C=O) groups is 1. The van der Waals surface area contributed by atoms with Gasteiger partial charge >= 0.3 is 0 Å². The lowest BCUT2D eigenvalue weighted by Gasteiger charge is -2.32. The minimum absolute atomic E-state index is 0.249. The van der Waals surface area contributed by atoms with Gasteiger partial charge in [-0.2, -0.15) is 0 Å². The van der Waals surface area contributed by atoms with E-state index >= 15 is 0 Å². The number of piperidine rings is 1. The van der Waals surface area contributed by atoms with Crippen molar-refractivity contribution in [2.45, 2.75) is 71.8 Å². The van der Waals surface area contributed by atoms with Gasteiger partial charge in [0.15, 0.2) is 0 Å².